The van der Waals surface area contributed by atoms with Gasteiger partial charge in [-0.15, -0.1) is 0 Å². The minimum atomic E-state index is -0.308. The van der Waals surface area contributed by atoms with Gasteiger partial charge >= 0.3 is 5.97 Å². The molecule has 2 aromatic heterocycles. The van der Waals surface area contributed by atoms with E-state index in [0.29, 0.717) is 10.8 Å². The average Bonchev–Trinajstić information content (AvgIpc) is 2.90. The number of aromatic nitrogens is 2. The third kappa shape index (κ3) is 2.34. The van der Waals surface area contributed by atoms with Gasteiger partial charge in [-0.1, -0.05) is 6.42 Å². The lowest BCUT2D eigenvalue weighted by atomic mass is 10.2. The Morgan fingerprint density at radius 1 is 1.53 bits per heavy atom. The number of imidazole rings is 1. The monoisotopic (exact) mass is 276 g/mol. The van der Waals surface area contributed by atoms with Gasteiger partial charge in [-0.2, -0.15) is 11.8 Å². The summed E-state index contributed by atoms with van der Waals surface area (Å²) in [6.07, 6.45) is 7.50. The Balaban J connectivity index is 1.97. The number of hydrogen-bond donors (Lipinski definition) is 0. The molecular weight excluding hydrogens is 260 g/mol. The lowest BCUT2D eigenvalue weighted by Gasteiger charge is -2.20. The van der Waals surface area contributed by atoms with Crippen LogP contribution in [0, 0.1) is 0 Å². The highest BCUT2D eigenvalue weighted by Crippen LogP contribution is 2.37. The summed E-state index contributed by atoms with van der Waals surface area (Å²) in [5.41, 5.74) is 1.52. The summed E-state index contributed by atoms with van der Waals surface area (Å²) in [6, 6.07) is 3.62. The van der Waals surface area contributed by atoms with Crippen molar-refractivity contribution in [1.82, 2.24) is 9.38 Å². The van der Waals surface area contributed by atoms with E-state index in [-0.39, 0.29) is 5.97 Å². The minimum Gasteiger partial charge on any atom is -0.465 e. The number of thioether (sulfide) groups is 1. The molecule has 3 heterocycles. The van der Waals surface area contributed by atoms with Crippen molar-refractivity contribution in [2.75, 3.05) is 12.9 Å². The van der Waals surface area contributed by atoms with Crippen molar-refractivity contribution in [3.05, 3.63) is 35.9 Å². The van der Waals surface area contributed by atoms with Crippen LogP contribution in [0.1, 0.15) is 40.7 Å². The zero-order chi connectivity index (χ0) is 13.2. The standard InChI is InChI=1S/C14H16N2O2S/c1-18-14(17)10-5-6-16-11(8-10)9-15-13(16)12-4-2-3-7-19-12/h5-6,8-9,12H,2-4,7H2,1H3. The van der Waals surface area contributed by atoms with Gasteiger partial charge in [0.15, 0.2) is 0 Å². The predicted octanol–water partition coefficient (Wildman–Crippen LogP) is 3.08. The van der Waals surface area contributed by atoms with Crippen molar-refractivity contribution in [2.45, 2.75) is 24.5 Å². The maximum Gasteiger partial charge on any atom is 0.337 e. The van der Waals surface area contributed by atoms with Gasteiger partial charge in [0.1, 0.15) is 5.82 Å². The molecule has 0 spiro atoms. The molecule has 1 fully saturated rings. The third-order valence-electron chi connectivity index (χ3n) is 3.45. The first-order chi connectivity index (χ1) is 9.29. The van der Waals surface area contributed by atoms with Crippen LogP contribution in [0.3, 0.4) is 0 Å². The van der Waals surface area contributed by atoms with Crippen molar-refractivity contribution < 1.29 is 9.53 Å². The van der Waals surface area contributed by atoms with Gasteiger partial charge in [0, 0.05) is 6.20 Å². The van der Waals surface area contributed by atoms with Crippen LogP contribution in [0.4, 0.5) is 0 Å². The van der Waals surface area contributed by atoms with Crippen LogP contribution in [0.25, 0.3) is 5.52 Å². The molecule has 3 rings (SSSR count). The van der Waals surface area contributed by atoms with Gasteiger partial charge in [0.05, 0.1) is 29.6 Å². The Kier molecular flexibility index (Phi) is 3.46. The smallest absolute Gasteiger partial charge is 0.337 e. The molecule has 0 radical (unpaired) electrons. The van der Waals surface area contributed by atoms with Crippen LogP contribution in [-0.2, 0) is 4.74 Å². The number of esters is 1. The quantitative estimate of drug-likeness (QED) is 0.791. The van der Waals surface area contributed by atoms with Gasteiger partial charge in [-0.25, -0.2) is 9.78 Å². The molecular formula is C14H16N2O2S. The van der Waals surface area contributed by atoms with E-state index >= 15 is 0 Å². The number of methoxy groups -OCH3 is 1. The van der Waals surface area contributed by atoms with E-state index in [4.69, 9.17) is 4.74 Å². The van der Waals surface area contributed by atoms with E-state index in [1.807, 2.05) is 30.2 Å². The fourth-order valence-corrected chi connectivity index (χ4v) is 3.76. The number of ether oxygens (including phenoxy) is 1. The van der Waals surface area contributed by atoms with Gasteiger partial charge < -0.3 is 9.14 Å². The van der Waals surface area contributed by atoms with Crippen LogP contribution < -0.4 is 0 Å². The normalized spacial score (nSPS) is 19.5. The van der Waals surface area contributed by atoms with Crippen LogP contribution in [0.15, 0.2) is 24.5 Å². The predicted molar refractivity (Wildman–Crippen MR) is 75.6 cm³/mol. The number of carbonyl (C=O) groups excluding carboxylic acids is 1. The first kappa shape index (κ1) is 12.5. The summed E-state index contributed by atoms with van der Waals surface area (Å²) in [7, 11) is 1.40. The Hall–Kier alpha value is -1.49. The van der Waals surface area contributed by atoms with E-state index in [9.17, 15) is 4.79 Å². The molecule has 5 heteroatoms. The average molecular weight is 276 g/mol. The fraction of sp³-hybridized carbons (Fsp3) is 0.429. The number of nitrogens with zero attached hydrogens (tertiary/aromatic N) is 2. The molecule has 0 bridgehead atoms. The zero-order valence-corrected chi connectivity index (χ0v) is 11.7. The van der Waals surface area contributed by atoms with E-state index in [1.165, 1.54) is 32.1 Å². The first-order valence-corrected chi connectivity index (χ1v) is 7.51. The molecule has 100 valence electrons. The lowest BCUT2D eigenvalue weighted by Crippen LogP contribution is -2.07. The molecule has 1 saturated heterocycles. The molecule has 1 atom stereocenters. The molecule has 0 amide bonds. The summed E-state index contributed by atoms with van der Waals surface area (Å²) < 4.78 is 6.81. The van der Waals surface area contributed by atoms with Gasteiger partial charge in [0.2, 0.25) is 0 Å². The van der Waals surface area contributed by atoms with Crippen LogP contribution in [0.5, 0.6) is 0 Å². The lowest BCUT2D eigenvalue weighted by molar-refractivity contribution is 0.0600. The largest absolute Gasteiger partial charge is 0.465 e. The molecule has 0 saturated carbocycles. The number of carbonyl (C=O) groups is 1. The van der Waals surface area contributed by atoms with Crippen molar-refractivity contribution in [1.29, 1.82) is 0 Å². The molecule has 1 aliphatic heterocycles. The van der Waals surface area contributed by atoms with Crippen molar-refractivity contribution in [3.63, 3.8) is 0 Å². The fourth-order valence-electron chi connectivity index (χ4n) is 2.45. The Labute approximate surface area is 116 Å². The van der Waals surface area contributed by atoms with E-state index in [2.05, 4.69) is 9.38 Å². The number of pyridine rings is 1. The summed E-state index contributed by atoms with van der Waals surface area (Å²) in [6.45, 7) is 0. The number of fused-ring (bicyclic) bond motifs is 1. The molecule has 0 aliphatic carbocycles. The second kappa shape index (κ2) is 5.25. The van der Waals surface area contributed by atoms with Crippen LogP contribution in [0.2, 0.25) is 0 Å². The SMILES string of the molecule is COC(=O)c1ccn2c(C3CCCCS3)ncc2c1. The molecule has 19 heavy (non-hydrogen) atoms. The molecule has 1 unspecified atom stereocenters. The van der Waals surface area contributed by atoms with E-state index in [1.54, 1.807) is 6.07 Å². The maximum absolute atomic E-state index is 11.5. The maximum atomic E-state index is 11.5. The van der Waals surface area contributed by atoms with E-state index in [0.717, 1.165) is 11.3 Å². The van der Waals surface area contributed by atoms with Crippen molar-refractivity contribution >= 4 is 23.2 Å². The zero-order valence-electron chi connectivity index (χ0n) is 10.8. The Bertz CT molecular complexity index is 603. The molecule has 0 aromatic carbocycles. The second-order valence-electron chi connectivity index (χ2n) is 4.67. The topological polar surface area (TPSA) is 43.6 Å². The highest BCUT2D eigenvalue weighted by molar-refractivity contribution is 7.99. The van der Waals surface area contributed by atoms with Gasteiger partial charge in [-0.05, 0) is 30.7 Å². The van der Waals surface area contributed by atoms with Crippen molar-refractivity contribution in [2.24, 2.45) is 0 Å². The van der Waals surface area contributed by atoms with Gasteiger partial charge in [0.25, 0.3) is 0 Å². The highest BCUT2D eigenvalue weighted by atomic mass is 32.2. The number of hydrogen-bond acceptors (Lipinski definition) is 4. The molecule has 1 aliphatic rings. The molecule has 2 aromatic rings. The van der Waals surface area contributed by atoms with Crippen molar-refractivity contribution in [3.8, 4) is 0 Å². The Morgan fingerprint density at radius 2 is 2.42 bits per heavy atom. The Morgan fingerprint density at radius 3 is 3.16 bits per heavy atom. The molecule has 4 nitrogen and oxygen atoms in total. The summed E-state index contributed by atoms with van der Waals surface area (Å²) >= 11 is 1.98. The summed E-state index contributed by atoms with van der Waals surface area (Å²) in [5.74, 6) is 1.99. The third-order valence-corrected chi connectivity index (χ3v) is 4.82. The van der Waals surface area contributed by atoms with E-state index < -0.39 is 0 Å². The minimum absolute atomic E-state index is 0.308. The second-order valence-corrected chi connectivity index (χ2v) is 5.98. The highest BCUT2D eigenvalue weighted by Gasteiger charge is 2.20. The van der Waals surface area contributed by atoms with Crippen LogP contribution in [-0.4, -0.2) is 28.2 Å². The van der Waals surface area contributed by atoms with Gasteiger partial charge in [-0.3, -0.25) is 0 Å². The first-order valence-electron chi connectivity index (χ1n) is 6.46. The number of rotatable bonds is 2. The van der Waals surface area contributed by atoms with Crippen LogP contribution >= 0.6 is 11.8 Å². The summed E-state index contributed by atoms with van der Waals surface area (Å²) in [5, 5.41) is 0.472. The summed E-state index contributed by atoms with van der Waals surface area (Å²) in [4.78, 5) is 16.0. The molecule has 0 N–H and O–H groups in total.